The molecule has 0 spiro atoms. The SMILES string of the molecule is CCCCOc1ccccc1C(=O)NNC(=O)COc1ccc(C(C)(C)C)cc1Br. The Morgan fingerprint density at radius 2 is 1.73 bits per heavy atom. The third-order valence-corrected chi connectivity index (χ3v) is 4.98. The van der Waals surface area contributed by atoms with Gasteiger partial charge in [0.05, 0.1) is 16.6 Å². The fourth-order valence-electron chi connectivity index (χ4n) is 2.56. The molecule has 0 aliphatic carbocycles. The standard InChI is InChI=1S/C23H29BrN2O4/c1-5-6-13-29-19-10-8-7-9-17(19)22(28)26-25-21(27)15-30-20-12-11-16(14-18(20)24)23(2,3)4/h7-12,14H,5-6,13,15H2,1-4H3,(H,25,27)(H,26,28). The number of hydrogen-bond acceptors (Lipinski definition) is 4. The molecule has 2 amide bonds. The van der Waals surface area contributed by atoms with Gasteiger partial charge >= 0.3 is 0 Å². The van der Waals surface area contributed by atoms with Crippen molar-refractivity contribution in [3.05, 3.63) is 58.1 Å². The van der Waals surface area contributed by atoms with Crippen LogP contribution in [0.3, 0.4) is 0 Å². The molecule has 30 heavy (non-hydrogen) atoms. The van der Waals surface area contributed by atoms with Crippen LogP contribution in [0.1, 0.15) is 56.5 Å². The normalized spacial score (nSPS) is 11.0. The third-order valence-electron chi connectivity index (χ3n) is 4.36. The monoisotopic (exact) mass is 476 g/mol. The van der Waals surface area contributed by atoms with E-state index in [1.54, 1.807) is 24.3 Å². The van der Waals surface area contributed by atoms with E-state index in [1.165, 1.54) is 0 Å². The van der Waals surface area contributed by atoms with Crippen LogP contribution in [0.15, 0.2) is 46.9 Å². The molecule has 2 N–H and O–H groups in total. The average Bonchev–Trinajstić information content (AvgIpc) is 2.71. The molecule has 2 rings (SSSR count). The Labute approximate surface area is 186 Å². The molecule has 0 heterocycles. The van der Waals surface area contributed by atoms with Crippen LogP contribution in [-0.4, -0.2) is 25.0 Å². The van der Waals surface area contributed by atoms with E-state index in [1.807, 2.05) is 18.2 Å². The highest BCUT2D eigenvalue weighted by atomic mass is 79.9. The van der Waals surface area contributed by atoms with Crippen molar-refractivity contribution in [2.24, 2.45) is 0 Å². The van der Waals surface area contributed by atoms with Gasteiger partial charge < -0.3 is 9.47 Å². The maximum atomic E-state index is 12.4. The first-order valence-corrected chi connectivity index (χ1v) is 10.8. The fraction of sp³-hybridized carbons (Fsp3) is 0.391. The number of para-hydroxylation sites is 1. The van der Waals surface area contributed by atoms with Gasteiger partial charge in [0, 0.05) is 0 Å². The van der Waals surface area contributed by atoms with Gasteiger partial charge in [-0.05, 0) is 57.6 Å². The van der Waals surface area contributed by atoms with Gasteiger partial charge in [0.15, 0.2) is 6.61 Å². The zero-order chi connectivity index (χ0) is 22.1. The number of unbranched alkanes of at least 4 members (excludes halogenated alkanes) is 1. The smallest absolute Gasteiger partial charge is 0.276 e. The van der Waals surface area contributed by atoms with Gasteiger partial charge in [-0.25, -0.2) is 0 Å². The number of carbonyl (C=O) groups is 2. The van der Waals surface area contributed by atoms with Crippen molar-refractivity contribution in [1.29, 1.82) is 0 Å². The minimum absolute atomic E-state index is 0.0131. The summed E-state index contributed by atoms with van der Waals surface area (Å²) in [7, 11) is 0. The lowest BCUT2D eigenvalue weighted by molar-refractivity contribution is -0.123. The molecule has 0 aliphatic rings. The minimum Gasteiger partial charge on any atom is -0.493 e. The number of ether oxygens (including phenoxy) is 2. The van der Waals surface area contributed by atoms with Crippen molar-refractivity contribution in [2.75, 3.05) is 13.2 Å². The van der Waals surface area contributed by atoms with Crippen LogP contribution in [0.5, 0.6) is 11.5 Å². The van der Waals surface area contributed by atoms with Gasteiger partial charge in [0.25, 0.3) is 11.8 Å². The van der Waals surface area contributed by atoms with E-state index in [4.69, 9.17) is 9.47 Å². The predicted molar refractivity (Wildman–Crippen MR) is 121 cm³/mol. The molecule has 0 saturated heterocycles. The number of benzene rings is 2. The molecular weight excluding hydrogens is 448 g/mol. The molecule has 0 bridgehead atoms. The Hall–Kier alpha value is -2.54. The van der Waals surface area contributed by atoms with Gasteiger partial charge in [-0.3, -0.25) is 20.4 Å². The summed E-state index contributed by atoms with van der Waals surface area (Å²) in [6, 6.07) is 12.7. The maximum absolute atomic E-state index is 12.4. The van der Waals surface area contributed by atoms with Crippen molar-refractivity contribution in [2.45, 2.75) is 46.0 Å². The van der Waals surface area contributed by atoms with Crippen molar-refractivity contribution < 1.29 is 19.1 Å². The number of hydrogen-bond donors (Lipinski definition) is 2. The van der Waals surface area contributed by atoms with E-state index in [0.717, 1.165) is 22.9 Å². The summed E-state index contributed by atoms with van der Waals surface area (Å²) < 4.78 is 12.0. The fourth-order valence-corrected chi connectivity index (χ4v) is 3.06. The van der Waals surface area contributed by atoms with Crippen molar-refractivity contribution in [3.8, 4) is 11.5 Å². The molecule has 0 unspecified atom stereocenters. The number of hydrazine groups is 1. The lowest BCUT2D eigenvalue weighted by Crippen LogP contribution is -2.44. The molecular formula is C23H29BrN2O4. The Kier molecular flexibility index (Phi) is 8.72. The second kappa shape index (κ2) is 11.0. The van der Waals surface area contributed by atoms with Crippen LogP contribution in [0.4, 0.5) is 0 Å². The van der Waals surface area contributed by atoms with Crippen molar-refractivity contribution >= 4 is 27.7 Å². The topological polar surface area (TPSA) is 76.7 Å². The minimum atomic E-state index is -0.473. The van der Waals surface area contributed by atoms with E-state index in [-0.39, 0.29) is 12.0 Å². The molecule has 0 fully saturated rings. The lowest BCUT2D eigenvalue weighted by atomic mass is 9.87. The molecule has 0 saturated carbocycles. The Bertz CT molecular complexity index is 878. The number of halogens is 1. The van der Waals surface area contributed by atoms with Crippen LogP contribution in [0.25, 0.3) is 0 Å². The number of amides is 2. The highest BCUT2D eigenvalue weighted by Crippen LogP contribution is 2.31. The molecule has 162 valence electrons. The van der Waals surface area contributed by atoms with E-state index in [2.05, 4.69) is 54.5 Å². The second-order valence-corrected chi connectivity index (χ2v) is 8.74. The molecule has 6 nitrogen and oxygen atoms in total. The van der Waals surface area contributed by atoms with Crippen LogP contribution in [0.2, 0.25) is 0 Å². The van der Waals surface area contributed by atoms with Gasteiger partial charge in [-0.1, -0.05) is 52.3 Å². The molecule has 0 atom stereocenters. The zero-order valence-corrected chi connectivity index (χ0v) is 19.5. The van der Waals surface area contributed by atoms with Crippen LogP contribution in [0, 0.1) is 0 Å². The highest BCUT2D eigenvalue weighted by Gasteiger charge is 2.16. The molecule has 0 aromatic heterocycles. The van der Waals surface area contributed by atoms with Gasteiger partial charge in [-0.15, -0.1) is 0 Å². The number of nitrogens with one attached hydrogen (secondary N) is 2. The summed E-state index contributed by atoms with van der Waals surface area (Å²) in [5.74, 6) is 0.113. The Morgan fingerprint density at radius 3 is 2.40 bits per heavy atom. The number of rotatable bonds is 8. The second-order valence-electron chi connectivity index (χ2n) is 7.88. The van der Waals surface area contributed by atoms with Gasteiger partial charge in [0.2, 0.25) is 0 Å². The summed E-state index contributed by atoms with van der Waals surface area (Å²) in [6.45, 7) is 8.73. The lowest BCUT2D eigenvalue weighted by Gasteiger charge is -2.20. The van der Waals surface area contributed by atoms with Crippen LogP contribution in [-0.2, 0) is 10.2 Å². The summed E-state index contributed by atoms with van der Waals surface area (Å²) in [5, 5.41) is 0. The first kappa shape index (κ1) is 23.7. The largest absolute Gasteiger partial charge is 0.493 e. The van der Waals surface area contributed by atoms with E-state index < -0.39 is 11.8 Å². The van der Waals surface area contributed by atoms with E-state index >= 15 is 0 Å². The summed E-state index contributed by atoms with van der Waals surface area (Å²) in [6.07, 6.45) is 1.90. The first-order valence-electron chi connectivity index (χ1n) is 9.96. The van der Waals surface area contributed by atoms with Gasteiger partial charge in [-0.2, -0.15) is 0 Å². The predicted octanol–water partition coefficient (Wildman–Crippen LogP) is 4.77. The van der Waals surface area contributed by atoms with Crippen molar-refractivity contribution in [3.63, 3.8) is 0 Å². The van der Waals surface area contributed by atoms with E-state index in [0.29, 0.717) is 23.7 Å². The maximum Gasteiger partial charge on any atom is 0.276 e. The van der Waals surface area contributed by atoms with Crippen LogP contribution < -0.4 is 20.3 Å². The average molecular weight is 477 g/mol. The number of carbonyl (C=O) groups excluding carboxylic acids is 2. The Balaban J connectivity index is 1.87. The molecule has 7 heteroatoms. The highest BCUT2D eigenvalue weighted by molar-refractivity contribution is 9.10. The van der Waals surface area contributed by atoms with Crippen LogP contribution >= 0.6 is 15.9 Å². The quantitative estimate of drug-likeness (QED) is 0.425. The third kappa shape index (κ3) is 7.06. The molecule has 2 aromatic rings. The molecule has 0 aliphatic heterocycles. The van der Waals surface area contributed by atoms with Crippen molar-refractivity contribution in [1.82, 2.24) is 10.9 Å². The summed E-state index contributed by atoms with van der Waals surface area (Å²) >= 11 is 3.48. The zero-order valence-electron chi connectivity index (χ0n) is 17.9. The summed E-state index contributed by atoms with van der Waals surface area (Å²) in [5.41, 5.74) is 6.29. The van der Waals surface area contributed by atoms with Gasteiger partial charge in [0.1, 0.15) is 11.5 Å². The summed E-state index contributed by atoms with van der Waals surface area (Å²) in [4.78, 5) is 24.5. The first-order chi connectivity index (χ1) is 14.2. The molecule has 2 aromatic carbocycles. The molecule has 0 radical (unpaired) electrons. The van der Waals surface area contributed by atoms with E-state index in [9.17, 15) is 9.59 Å². The Morgan fingerprint density at radius 1 is 1.00 bits per heavy atom.